The monoisotopic (exact) mass is 450 g/mol. The van der Waals surface area contributed by atoms with E-state index in [2.05, 4.69) is 5.32 Å². The van der Waals surface area contributed by atoms with E-state index in [1.165, 1.54) is 20.5 Å². The number of carbonyl (C=O) groups excluding carboxylic acids is 1. The van der Waals surface area contributed by atoms with E-state index in [4.69, 9.17) is 4.74 Å². The fourth-order valence-corrected chi connectivity index (χ4v) is 6.76. The SMILES string of the molecule is O=C(NCCC[NH+]1CCOCC1)[C@H]1Cc2ccccc2CN1S(=O)(=O)c1cccs1. The Morgan fingerprint density at radius 3 is 2.67 bits per heavy atom. The summed E-state index contributed by atoms with van der Waals surface area (Å²) in [5, 5.41) is 4.73. The molecule has 30 heavy (non-hydrogen) atoms. The number of nitrogens with one attached hydrogen (secondary N) is 2. The minimum Gasteiger partial charge on any atom is -0.370 e. The van der Waals surface area contributed by atoms with Gasteiger partial charge in [-0.25, -0.2) is 8.42 Å². The van der Waals surface area contributed by atoms with Crippen LogP contribution in [0.25, 0.3) is 0 Å². The summed E-state index contributed by atoms with van der Waals surface area (Å²) in [5.74, 6) is -0.221. The molecule has 2 aliphatic rings. The van der Waals surface area contributed by atoms with Gasteiger partial charge in [0.25, 0.3) is 10.0 Å². The van der Waals surface area contributed by atoms with Crippen LogP contribution < -0.4 is 10.2 Å². The second-order valence-corrected chi connectivity index (χ2v) is 10.8. The number of hydrogen-bond acceptors (Lipinski definition) is 5. The fourth-order valence-electron chi connectivity index (χ4n) is 4.08. The molecule has 2 aliphatic heterocycles. The van der Waals surface area contributed by atoms with Gasteiger partial charge in [0.2, 0.25) is 5.91 Å². The van der Waals surface area contributed by atoms with Crippen molar-refractivity contribution in [2.75, 3.05) is 39.4 Å². The lowest BCUT2D eigenvalue weighted by Crippen LogP contribution is -3.14. The van der Waals surface area contributed by atoms with Crippen LogP contribution in [0.3, 0.4) is 0 Å². The molecule has 2 N–H and O–H groups in total. The van der Waals surface area contributed by atoms with Crippen LogP contribution in [0.1, 0.15) is 17.5 Å². The van der Waals surface area contributed by atoms with Crippen LogP contribution in [-0.2, 0) is 32.5 Å². The van der Waals surface area contributed by atoms with Crippen molar-refractivity contribution in [2.24, 2.45) is 0 Å². The van der Waals surface area contributed by atoms with Gasteiger partial charge in [-0.05, 0) is 29.0 Å². The highest BCUT2D eigenvalue weighted by atomic mass is 32.2. The number of quaternary nitrogens is 1. The van der Waals surface area contributed by atoms with Gasteiger partial charge in [-0.3, -0.25) is 4.79 Å². The van der Waals surface area contributed by atoms with E-state index < -0.39 is 16.1 Å². The predicted octanol–water partition coefficient (Wildman–Crippen LogP) is 0.285. The molecule has 2 aromatic rings. The molecule has 9 heteroatoms. The summed E-state index contributed by atoms with van der Waals surface area (Å²) in [6.07, 6.45) is 1.25. The van der Waals surface area contributed by atoms with Crippen LogP contribution in [0.2, 0.25) is 0 Å². The Morgan fingerprint density at radius 2 is 1.93 bits per heavy atom. The standard InChI is InChI=1S/C21H27N3O4S2/c25-21(22-8-4-9-23-10-12-28-13-11-23)19-15-17-5-1-2-6-18(17)16-24(19)30(26,27)20-7-3-14-29-20/h1-3,5-7,14,19H,4,8-13,15-16H2,(H,22,25)/p+1/t19-/m1/s1. The molecule has 0 aliphatic carbocycles. The smallest absolute Gasteiger partial charge is 0.253 e. The number of carbonyl (C=O) groups is 1. The minimum absolute atomic E-state index is 0.215. The summed E-state index contributed by atoms with van der Waals surface area (Å²) in [6, 6.07) is 10.3. The van der Waals surface area contributed by atoms with Crippen LogP contribution >= 0.6 is 11.3 Å². The zero-order valence-corrected chi connectivity index (χ0v) is 18.5. The Kier molecular flexibility index (Phi) is 6.84. The van der Waals surface area contributed by atoms with E-state index in [-0.39, 0.29) is 16.7 Å². The van der Waals surface area contributed by atoms with Crippen molar-refractivity contribution in [1.82, 2.24) is 9.62 Å². The molecule has 1 aromatic carbocycles. The number of amides is 1. The topological polar surface area (TPSA) is 80.2 Å². The molecule has 0 spiro atoms. The fraction of sp³-hybridized carbons (Fsp3) is 0.476. The summed E-state index contributed by atoms with van der Waals surface area (Å²) in [7, 11) is -3.73. The Morgan fingerprint density at radius 1 is 1.17 bits per heavy atom. The first-order valence-corrected chi connectivity index (χ1v) is 12.7. The van der Waals surface area contributed by atoms with E-state index in [1.807, 2.05) is 24.3 Å². The molecular formula is C21H28N3O4S2+. The van der Waals surface area contributed by atoms with Crippen molar-refractivity contribution in [2.45, 2.75) is 29.6 Å². The van der Waals surface area contributed by atoms with Crippen molar-refractivity contribution in [1.29, 1.82) is 0 Å². The molecule has 1 amide bonds. The number of nitrogens with zero attached hydrogens (tertiary/aromatic N) is 1. The first kappa shape index (κ1) is 21.5. The van der Waals surface area contributed by atoms with E-state index in [0.29, 0.717) is 13.0 Å². The molecule has 3 heterocycles. The molecule has 1 atom stereocenters. The van der Waals surface area contributed by atoms with Crippen molar-refractivity contribution < 1.29 is 22.8 Å². The predicted molar refractivity (Wildman–Crippen MR) is 115 cm³/mol. The maximum absolute atomic E-state index is 13.3. The highest BCUT2D eigenvalue weighted by Gasteiger charge is 2.39. The van der Waals surface area contributed by atoms with Crippen LogP contribution in [0.5, 0.6) is 0 Å². The summed E-state index contributed by atoms with van der Waals surface area (Å²) in [6.45, 7) is 5.33. The van der Waals surface area contributed by atoms with Gasteiger partial charge >= 0.3 is 0 Å². The van der Waals surface area contributed by atoms with Crippen LogP contribution in [0, 0.1) is 0 Å². The molecule has 0 radical (unpaired) electrons. The zero-order chi connectivity index (χ0) is 21.0. The van der Waals surface area contributed by atoms with Gasteiger partial charge in [0.15, 0.2) is 0 Å². The van der Waals surface area contributed by atoms with Crippen LogP contribution in [-0.4, -0.2) is 64.1 Å². The molecule has 1 saturated heterocycles. The quantitative estimate of drug-likeness (QED) is 0.594. The van der Waals surface area contributed by atoms with E-state index in [1.54, 1.807) is 17.5 Å². The van der Waals surface area contributed by atoms with E-state index >= 15 is 0 Å². The number of benzene rings is 1. The number of fused-ring (bicyclic) bond motifs is 1. The lowest BCUT2D eigenvalue weighted by molar-refractivity contribution is -0.908. The molecule has 0 unspecified atom stereocenters. The Bertz CT molecular complexity index is 956. The third-order valence-electron chi connectivity index (χ3n) is 5.77. The van der Waals surface area contributed by atoms with Crippen LogP contribution in [0.15, 0.2) is 46.0 Å². The number of rotatable bonds is 7. The highest BCUT2D eigenvalue weighted by Crippen LogP contribution is 2.30. The van der Waals surface area contributed by atoms with E-state index in [9.17, 15) is 13.2 Å². The van der Waals surface area contributed by atoms with Gasteiger partial charge in [-0.15, -0.1) is 11.3 Å². The first-order valence-electron chi connectivity index (χ1n) is 10.4. The minimum atomic E-state index is -3.73. The molecule has 4 rings (SSSR count). The third-order valence-corrected chi connectivity index (χ3v) is 9.00. The Hall–Kier alpha value is -1.78. The second kappa shape index (κ2) is 9.57. The molecule has 1 fully saturated rings. The number of thiophene rings is 1. The maximum atomic E-state index is 13.3. The number of morpholine rings is 1. The summed E-state index contributed by atoms with van der Waals surface area (Å²) in [5.41, 5.74) is 1.99. The van der Waals surface area contributed by atoms with Crippen molar-refractivity contribution >= 4 is 27.3 Å². The van der Waals surface area contributed by atoms with Crippen molar-refractivity contribution in [3.05, 3.63) is 52.9 Å². The summed E-state index contributed by atoms with van der Waals surface area (Å²) < 4.78 is 33.5. The molecule has 7 nitrogen and oxygen atoms in total. The largest absolute Gasteiger partial charge is 0.370 e. The van der Waals surface area contributed by atoms with Gasteiger partial charge in [0, 0.05) is 19.5 Å². The number of ether oxygens (including phenoxy) is 1. The van der Waals surface area contributed by atoms with Gasteiger partial charge in [0.05, 0.1) is 19.8 Å². The summed E-state index contributed by atoms with van der Waals surface area (Å²) in [4.78, 5) is 14.5. The van der Waals surface area contributed by atoms with Crippen molar-refractivity contribution in [3.63, 3.8) is 0 Å². The molecule has 1 aromatic heterocycles. The molecule has 162 valence electrons. The summed E-state index contributed by atoms with van der Waals surface area (Å²) >= 11 is 1.18. The number of hydrogen-bond donors (Lipinski definition) is 2. The van der Waals surface area contributed by atoms with Gasteiger partial charge in [-0.2, -0.15) is 4.31 Å². The average molecular weight is 451 g/mol. The molecule has 0 bridgehead atoms. The normalized spacial score (nSPS) is 20.6. The van der Waals surface area contributed by atoms with Crippen LogP contribution in [0.4, 0.5) is 0 Å². The Balaban J connectivity index is 1.45. The Labute approximate surface area is 181 Å². The zero-order valence-electron chi connectivity index (χ0n) is 16.9. The van der Waals surface area contributed by atoms with E-state index in [0.717, 1.165) is 50.4 Å². The molecular weight excluding hydrogens is 422 g/mol. The lowest BCUT2D eigenvalue weighted by Gasteiger charge is -2.34. The highest BCUT2D eigenvalue weighted by molar-refractivity contribution is 7.91. The molecule has 0 saturated carbocycles. The third kappa shape index (κ3) is 4.76. The maximum Gasteiger partial charge on any atom is 0.253 e. The average Bonchev–Trinajstić information content (AvgIpc) is 3.32. The van der Waals surface area contributed by atoms with Gasteiger partial charge in [-0.1, -0.05) is 30.3 Å². The first-order chi connectivity index (χ1) is 14.6. The second-order valence-electron chi connectivity index (χ2n) is 7.73. The van der Waals surface area contributed by atoms with Gasteiger partial charge < -0.3 is 15.0 Å². The lowest BCUT2D eigenvalue weighted by atomic mass is 9.95. The number of sulfonamides is 1. The van der Waals surface area contributed by atoms with Crippen molar-refractivity contribution in [3.8, 4) is 0 Å². The van der Waals surface area contributed by atoms with Gasteiger partial charge in [0.1, 0.15) is 23.3 Å².